The normalized spacial score (nSPS) is 15.9. The molecule has 6 N–H and O–H groups in total. The van der Waals surface area contributed by atoms with Crippen molar-refractivity contribution in [1.82, 2.24) is 5.32 Å². The highest BCUT2D eigenvalue weighted by molar-refractivity contribution is 6.02. The molecule has 13 nitrogen and oxygen atoms in total. The van der Waals surface area contributed by atoms with E-state index in [2.05, 4.69) is 15.8 Å². The molecule has 0 spiro atoms. The summed E-state index contributed by atoms with van der Waals surface area (Å²) in [4.78, 5) is 18.5. The number of nitrogens with one attached hydrogen (secondary N) is 2. The third-order valence-corrected chi connectivity index (χ3v) is 10.4. The fraction of sp³-hybridized carbons (Fsp3) is 0.409. The minimum absolute atomic E-state index is 0.173. The number of aliphatic hydroxyl groups excluding tert-OH is 4. The van der Waals surface area contributed by atoms with Crippen LogP contribution in [-0.2, 0) is 31.3 Å². The van der Waals surface area contributed by atoms with E-state index in [1.807, 2.05) is 48.5 Å². The summed E-state index contributed by atoms with van der Waals surface area (Å²) >= 11 is 0. The monoisotopic (exact) mass is 783 g/mol. The van der Waals surface area contributed by atoms with Crippen molar-refractivity contribution >= 4 is 17.3 Å². The molecule has 0 aliphatic carbocycles. The zero-order valence-electron chi connectivity index (χ0n) is 32.6. The molecule has 0 fully saturated rings. The van der Waals surface area contributed by atoms with Crippen LogP contribution in [0.4, 0.5) is 5.69 Å². The summed E-state index contributed by atoms with van der Waals surface area (Å²) in [7, 11) is 3.18. The van der Waals surface area contributed by atoms with Crippen molar-refractivity contribution in [3.8, 4) is 23.0 Å². The van der Waals surface area contributed by atoms with Crippen molar-refractivity contribution in [1.29, 1.82) is 0 Å². The molecule has 0 aromatic heterocycles. The zero-order chi connectivity index (χ0) is 40.1. The number of unbranched alkanes of at least 4 members (excludes halogenated alkanes) is 6. The Hall–Kier alpha value is -5.34. The molecule has 4 aromatic carbocycles. The van der Waals surface area contributed by atoms with Gasteiger partial charge in [0.2, 0.25) is 0 Å². The highest BCUT2D eigenvalue weighted by Crippen LogP contribution is 2.36. The van der Waals surface area contributed by atoms with Crippen LogP contribution in [0.25, 0.3) is 0 Å². The summed E-state index contributed by atoms with van der Waals surface area (Å²) in [5.74, 6) is 2.34. The number of carbonyl (C=O) groups is 1. The predicted molar refractivity (Wildman–Crippen MR) is 215 cm³/mol. The second-order valence-corrected chi connectivity index (χ2v) is 14.2. The lowest BCUT2D eigenvalue weighted by Crippen LogP contribution is -2.38. The first-order valence-corrected chi connectivity index (χ1v) is 19.5. The van der Waals surface area contributed by atoms with Crippen LogP contribution in [0.15, 0.2) is 71.9 Å². The Kier molecular flexibility index (Phi) is 14.6. The van der Waals surface area contributed by atoms with Gasteiger partial charge in [-0.2, -0.15) is 0 Å². The van der Waals surface area contributed by atoms with Gasteiger partial charge >= 0.3 is 0 Å². The van der Waals surface area contributed by atoms with Gasteiger partial charge in [-0.25, -0.2) is 0 Å². The number of anilines is 1. The number of methoxy groups -OCH3 is 2. The van der Waals surface area contributed by atoms with Crippen LogP contribution in [0.5, 0.6) is 23.0 Å². The molecule has 2 unspecified atom stereocenters. The van der Waals surface area contributed by atoms with Crippen molar-refractivity contribution in [2.24, 2.45) is 5.16 Å². The summed E-state index contributed by atoms with van der Waals surface area (Å²) in [6.07, 6.45) is 6.91. The highest BCUT2D eigenvalue weighted by atomic mass is 16.6. The van der Waals surface area contributed by atoms with Crippen molar-refractivity contribution in [2.75, 3.05) is 32.8 Å². The molecule has 0 radical (unpaired) electrons. The summed E-state index contributed by atoms with van der Waals surface area (Å²) in [6, 6.07) is 20.2. The fourth-order valence-electron chi connectivity index (χ4n) is 7.22. The molecule has 6 rings (SSSR count). The fourth-order valence-corrected chi connectivity index (χ4v) is 7.22. The predicted octanol–water partition coefficient (Wildman–Crippen LogP) is 6.58. The van der Waals surface area contributed by atoms with Crippen LogP contribution < -0.4 is 29.6 Å². The van der Waals surface area contributed by atoms with Gasteiger partial charge in [-0.05, 0) is 101 Å². The first-order valence-electron chi connectivity index (χ1n) is 19.5. The van der Waals surface area contributed by atoms with Crippen molar-refractivity contribution in [3.05, 3.63) is 111 Å². The van der Waals surface area contributed by atoms with E-state index in [4.69, 9.17) is 23.8 Å². The number of nitrogens with zero attached hydrogens (tertiary/aromatic N) is 1. The molecule has 2 aliphatic rings. The van der Waals surface area contributed by atoms with Crippen LogP contribution >= 0.6 is 0 Å². The topological polar surface area (TPSA) is 181 Å². The summed E-state index contributed by atoms with van der Waals surface area (Å²) in [5.41, 5.74) is 6.76. The maximum Gasteiger partial charge on any atom is 0.255 e. The van der Waals surface area contributed by atoms with Crippen LogP contribution in [-0.4, -0.2) is 59.5 Å². The third-order valence-electron chi connectivity index (χ3n) is 10.4. The Bertz CT molecular complexity index is 1990. The largest absolute Gasteiger partial charge is 0.497 e. The first-order chi connectivity index (χ1) is 27.9. The minimum Gasteiger partial charge on any atom is -0.497 e. The number of aliphatic hydroxyl groups is 4. The molecular formula is C44H53N3O10. The van der Waals surface area contributed by atoms with Crippen molar-refractivity contribution < 1.29 is 49.0 Å². The Morgan fingerprint density at radius 3 is 1.96 bits per heavy atom. The van der Waals surface area contributed by atoms with E-state index in [0.29, 0.717) is 70.4 Å². The molecule has 0 bridgehead atoms. The molecular weight excluding hydrogens is 730 g/mol. The third kappa shape index (κ3) is 10.2. The average molecular weight is 784 g/mol. The lowest BCUT2D eigenvalue weighted by Gasteiger charge is -2.29. The number of oxime groups is 1. The quantitative estimate of drug-likeness (QED) is 0.0503. The van der Waals surface area contributed by atoms with E-state index in [9.17, 15) is 25.2 Å². The zero-order valence-corrected chi connectivity index (χ0v) is 32.6. The number of hydrogen-bond donors (Lipinski definition) is 6. The molecule has 304 valence electrons. The molecule has 4 aromatic rings. The van der Waals surface area contributed by atoms with Gasteiger partial charge in [0.05, 0.1) is 65.1 Å². The Labute approximate surface area is 333 Å². The van der Waals surface area contributed by atoms with Gasteiger partial charge in [0, 0.05) is 23.2 Å². The summed E-state index contributed by atoms with van der Waals surface area (Å²) in [5, 5.41) is 50.1. The number of benzene rings is 4. The van der Waals surface area contributed by atoms with Gasteiger partial charge in [-0.15, -0.1) is 0 Å². The maximum atomic E-state index is 12.8. The molecule has 0 saturated heterocycles. The first kappa shape index (κ1) is 41.3. The summed E-state index contributed by atoms with van der Waals surface area (Å²) < 4.78 is 23.0. The number of carbonyl (C=O) groups excluding carboxylic acids is 1. The van der Waals surface area contributed by atoms with Gasteiger partial charge in [0.1, 0.15) is 17.7 Å². The van der Waals surface area contributed by atoms with Crippen molar-refractivity contribution in [3.63, 3.8) is 0 Å². The number of ether oxygens (including phenoxy) is 4. The number of rotatable bonds is 21. The number of hydrogen-bond acceptors (Lipinski definition) is 12. The van der Waals surface area contributed by atoms with E-state index in [1.54, 1.807) is 32.4 Å². The molecule has 2 aliphatic heterocycles. The maximum absolute atomic E-state index is 12.8. The Morgan fingerprint density at radius 1 is 0.667 bits per heavy atom. The van der Waals surface area contributed by atoms with Crippen molar-refractivity contribution in [2.45, 2.75) is 90.1 Å². The lowest BCUT2D eigenvalue weighted by atomic mass is 9.93. The van der Waals surface area contributed by atoms with Crippen LogP contribution in [0.3, 0.4) is 0 Å². The van der Waals surface area contributed by atoms with E-state index in [1.165, 1.54) is 0 Å². The molecule has 2 heterocycles. The van der Waals surface area contributed by atoms with E-state index < -0.39 is 6.17 Å². The highest BCUT2D eigenvalue weighted by Gasteiger charge is 2.27. The van der Waals surface area contributed by atoms with Gasteiger partial charge in [-0.1, -0.05) is 43.3 Å². The molecule has 1 amide bonds. The minimum atomic E-state index is -0.435. The van der Waals surface area contributed by atoms with Crippen LogP contribution in [0.2, 0.25) is 0 Å². The SMILES string of the molecule is COc1ccc2c(c1)C(=O)NC(c1ccc(OCCCCCCCCCOc3cc(C4=NOC(c5cc(CO)c(CO)c(CO)c5)C4)ccc3OC)c(CO)c1)N2. The van der Waals surface area contributed by atoms with Crippen LogP contribution in [0, 0.1) is 0 Å². The smallest absolute Gasteiger partial charge is 0.255 e. The Morgan fingerprint density at radius 2 is 1.32 bits per heavy atom. The van der Waals surface area contributed by atoms with E-state index in [0.717, 1.165) is 73.0 Å². The van der Waals surface area contributed by atoms with Gasteiger partial charge < -0.3 is 54.8 Å². The van der Waals surface area contributed by atoms with Gasteiger partial charge in [-0.3, -0.25) is 4.79 Å². The number of amides is 1. The van der Waals surface area contributed by atoms with Gasteiger partial charge in [0.15, 0.2) is 17.6 Å². The molecule has 2 atom stereocenters. The molecule has 0 saturated carbocycles. The average Bonchev–Trinajstić information content (AvgIpc) is 3.75. The van der Waals surface area contributed by atoms with E-state index in [-0.39, 0.29) is 38.4 Å². The Balaban J connectivity index is 0.881. The standard InChI is InChI=1S/C44H53N3O10/c1-53-34-12-13-37-35(22-34)44(52)46-43(45-37)29-11-14-39(33(18-29)26-50)55-16-8-6-4-3-5-7-9-17-56-42-21-28(10-15-40(42)54-2)38-23-41(57-47-38)30-19-31(24-48)36(27-51)32(20-30)25-49/h10-15,18-22,41,43,45,48-51H,3-9,16-17,23-27H2,1-2H3,(H,46,52). The second kappa shape index (κ2) is 20.2. The van der Waals surface area contributed by atoms with Gasteiger partial charge in [0.25, 0.3) is 5.91 Å². The molecule has 13 heteroatoms. The van der Waals surface area contributed by atoms with Crippen LogP contribution in [0.1, 0.15) is 113 Å². The second-order valence-electron chi connectivity index (χ2n) is 14.2. The molecule has 57 heavy (non-hydrogen) atoms. The number of fused-ring (bicyclic) bond motifs is 1. The lowest BCUT2D eigenvalue weighted by molar-refractivity contribution is 0.0853. The summed E-state index contributed by atoms with van der Waals surface area (Å²) in [6.45, 7) is 0.161. The van der Waals surface area contributed by atoms with E-state index >= 15 is 0 Å².